The first-order valence-corrected chi connectivity index (χ1v) is 6.43. The van der Waals surface area contributed by atoms with Gasteiger partial charge in [-0.3, -0.25) is 4.79 Å². The molecular weight excluding hydrogens is 254 g/mol. The fourth-order valence-corrected chi connectivity index (χ4v) is 1.65. The molecule has 2 aromatic rings. The summed E-state index contributed by atoms with van der Waals surface area (Å²) in [7, 11) is 0. The second kappa shape index (κ2) is 6.14. The van der Waals surface area contributed by atoms with Crippen LogP contribution in [0.15, 0.2) is 41.4 Å². The number of nitrogens with zero attached hydrogens (tertiary/aromatic N) is 2. The first-order chi connectivity index (χ1) is 9.58. The van der Waals surface area contributed by atoms with Gasteiger partial charge in [-0.15, -0.1) is 0 Å². The predicted octanol–water partition coefficient (Wildman–Crippen LogP) is 2.91. The lowest BCUT2D eigenvalue weighted by Crippen LogP contribution is -2.07. The number of hydrogen-bond acceptors (Lipinski definition) is 4. The Bertz CT molecular complexity index is 600. The van der Waals surface area contributed by atoms with Gasteiger partial charge in [0.15, 0.2) is 5.82 Å². The molecule has 0 unspecified atom stereocenters. The van der Waals surface area contributed by atoms with Crippen molar-refractivity contribution in [1.29, 1.82) is 0 Å². The van der Waals surface area contributed by atoms with Crippen molar-refractivity contribution in [1.82, 2.24) is 10.1 Å². The molecule has 1 amide bonds. The Balaban J connectivity index is 2.02. The maximum Gasteiger partial charge on any atom is 0.247 e. The first kappa shape index (κ1) is 14.0. The standard InChI is InChI=1S/C15H17N3O2/c1-4-13(19)16-12-7-5-11(6-8-12)9-14-17-15(10(2)3)18-20-14/h4-8,10H,1,9H2,2-3H3,(H,16,19). The summed E-state index contributed by atoms with van der Waals surface area (Å²) >= 11 is 0. The summed E-state index contributed by atoms with van der Waals surface area (Å²) in [5.41, 5.74) is 1.77. The lowest BCUT2D eigenvalue weighted by Gasteiger charge is -2.03. The topological polar surface area (TPSA) is 68.0 Å². The van der Waals surface area contributed by atoms with Crippen LogP contribution >= 0.6 is 0 Å². The van der Waals surface area contributed by atoms with Crippen LogP contribution in [0.2, 0.25) is 0 Å². The molecule has 0 saturated carbocycles. The average Bonchev–Trinajstić information content (AvgIpc) is 2.89. The van der Waals surface area contributed by atoms with E-state index in [1.165, 1.54) is 6.08 Å². The Morgan fingerprint density at radius 1 is 1.40 bits per heavy atom. The van der Waals surface area contributed by atoms with E-state index in [-0.39, 0.29) is 11.8 Å². The van der Waals surface area contributed by atoms with Crippen LogP contribution in [0.4, 0.5) is 5.69 Å². The van der Waals surface area contributed by atoms with Crippen molar-refractivity contribution in [3.05, 3.63) is 54.2 Å². The molecule has 0 fully saturated rings. The van der Waals surface area contributed by atoms with Crippen LogP contribution in [0, 0.1) is 0 Å². The number of nitrogens with one attached hydrogen (secondary N) is 1. The average molecular weight is 271 g/mol. The van der Waals surface area contributed by atoms with Gasteiger partial charge in [0.1, 0.15) is 0 Å². The molecule has 0 atom stereocenters. The molecule has 1 heterocycles. The van der Waals surface area contributed by atoms with E-state index < -0.39 is 0 Å². The van der Waals surface area contributed by atoms with Crippen molar-refractivity contribution in [2.75, 3.05) is 5.32 Å². The smallest absolute Gasteiger partial charge is 0.247 e. The molecule has 1 N–H and O–H groups in total. The molecule has 20 heavy (non-hydrogen) atoms. The minimum atomic E-state index is -0.226. The zero-order chi connectivity index (χ0) is 14.5. The fourth-order valence-electron chi connectivity index (χ4n) is 1.65. The molecule has 2 rings (SSSR count). The zero-order valence-electron chi connectivity index (χ0n) is 11.6. The van der Waals surface area contributed by atoms with Crippen LogP contribution in [-0.2, 0) is 11.2 Å². The number of carbonyl (C=O) groups excluding carboxylic acids is 1. The van der Waals surface area contributed by atoms with Crippen molar-refractivity contribution in [3.8, 4) is 0 Å². The minimum Gasteiger partial charge on any atom is -0.339 e. The third kappa shape index (κ3) is 3.54. The van der Waals surface area contributed by atoms with E-state index >= 15 is 0 Å². The van der Waals surface area contributed by atoms with Gasteiger partial charge in [0.2, 0.25) is 11.8 Å². The van der Waals surface area contributed by atoms with Crippen LogP contribution in [0.5, 0.6) is 0 Å². The summed E-state index contributed by atoms with van der Waals surface area (Å²) in [4.78, 5) is 15.5. The maximum absolute atomic E-state index is 11.2. The van der Waals surface area contributed by atoms with E-state index in [0.717, 1.165) is 17.1 Å². The predicted molar refractivity (Wildman–Crippen MR) is 76.5 cm³/mol. The van der Waals surface area contributed by atoms with E-state index in [4.69, 9.17) is 4.52 Å². The molecular formula is C15H17N3O2. The first-order valence-electron chi connectivity index (χ1n) is 6.43. The van der Waals surface area contributed by atoms with Gasteiger partial charge in [0, 0.05) is 11.6 Å². The molecule has 5 heteroatoms. The van der Waals surface area contributed by atoms with Gasteiger partial charge < -0.3 is 9.84 Å². The van der Waals surface area contributed by atoms with Crippen LogP contribution in [-0.4, -0.2) is 16.0 Å². The van der Waals surface area contributed by atoms with Crippen LogP contribution < -0.4 is 5.32 Å². The second-order valence-electron chi connectivity index (χ2n) is 4.77. The largest absolute Gasteiger partial charge is 0.339 e. The van der Waals surface area contributed by atoms with E-state index in [9.17, 15) is 4.79 Å². The van der Waals surface area contributed by atoms with E-state index in [1.807, 2.05) is 38.1 Å². The molecule has 0 aliphatic rings. The molecule has 104 valence electrons. The third-order valence-electron chi connectivity index (χ3n) is 2.76. The molecule has 0 bridgehead atoms. The van der Waals surface area contributed by atoms with Gasteiger partial charge in [-0.1, -0.05) is 37.7 Å². The Morgan fingerprint density at radius 3 is 2.65 bits per heavy atom. The van der Waals surface area contributed by atoms with E-state index in [1.54, 1.807) is 0 Å². The summed E-state index contributed by atoms with van der Waals surface area (Å²) in [6.07, 6.45) is 1.81. The summed E-state index contributed by atoms with van der Waals surface area (Å²) in [6.45, 7) is 7.45. The molecule has 5 nitrogen and oxygen atoms in total. The minimum absolute atomic E-state index is 0.226. The second-order valence-corrected chi connectivity index (χ2v) is 4.77. The van der Waals surface area contributed by atoms with Gasteiger partial charge in [0.05, 0.1) is 6.42 Å². The highest BCUT2D eigenvalue weighted by atomic mass is 16.5. The van der Waals surface area contributed by atoms with Crippen LogP contribution in [0.25, 0.3) is 0 Å². The van der Waals surface area contributed by atoms with Gasteiger partial charge in [0.25, 0.3) is 0 Å². The summed E-state index contributed by atoms with van der Waals surface area (Å²) in [5, 5.41) is 6.62. The number of anilines is 1. The van der Waals surface area contributed by atoms with Gasteiger partial charge in [-0.2, -0.15) is 4.98 Å². The summed E-state index contributed by atoms with van der Waals surface area (Å²) in [5.74, 6) is 1.34. The maximum atomic E-state index is 11.2. The Labute approximate surface area is 117 Å². The fraction of sp³-hybridized carbons (Fsp3) is 0.267. The van der Waals surface area contributed by atoms with E-state index in [0.29, 0.717) is 12.3 Å². The number of rotatable bonds is 5. The highest BCUT2D eigenvalue weighted by molar-refractivity contribution is 5.98. The third-order valence-corrected chi connectivity index (χ3v) is 2.76. The van der Waals surface area contributed by atoms with Gasteiger partial charge >= 0.3 is 0 Å². The molecule has 0 aliphatic carbocycles. The van der Waals surface area contributed by atoms with Crippen molar-refractivity contribution in [2.24, 2.45) is 0 Å². The molecule has 0 saturated heterocycles. The lowest BCUT2D eigenvalue weighted by atomic mass is 10.1. The lowest BCUT2D eigenvalue weighted by molar-refractivity contribution is -0.111. The molecule has 1 aromatic heterocycles. The van der Waals surface area contributed by atoms with E-state index in [2.05, 4.69) is 22.0 Å². The summed E-state index contributed by atoms with van der Waals surface area (Å²) < 4.78 is 5.20. The van der Waals surface area contributed by atoms with Crippen LogP contribution in [0.3, 0.4) is 0 Å². The normalized spacial score (nSPS) is 10.6. The molecule has 0 aliphatic heterocycles. The Kier molecular flexibility index (Phi) is 4.30. The van der Waals surface area contributed by atoms with Crippen molar-refractivity contribution in [2.45, 2.75) is 26.2 Å². The quantitative estimate of drug-likeness (QED) is 0.849. The SMILES string of the molecule is C=CC(=O)Nc1ccc(Cc2nc(C(C)C)no2)cc1. The number of carbonyl (C=O) groups is 1. The zero-order valence-corrected chi connectivity index (χ0v) is 11.6. The number of hydrogen-bond donors (Lipinski definition) is 1. The molecule has 0 radical (unpaired) electrons. The Morgan fingerprint density at radius 2 is 2.10 bits per heavy atom. The van der Waals surface area contributed by atoms with Crippen molar-refractivity contribution >= 4 is 11.6 Å². The van der Waals surface area contributed by atoms with Gasteiger partial charge in [-0.05, 0) is 23.8 Å². The Hall–Kier alpha value is -2.43. The highest BCUT2D eigenvalue weighted by Gasteiger charge is 2.10. The number of benzene rings is 1. The van der Waals surface area contributed by atoms with Crippen molar-refractivity contribution < 1.29 is 9.32 Å². The molecule has 1 aromatic carbocycles. The highest BCUT2D eigenvalue weighted by Crippen LogP contribution is 2.15. The summed E-state index contributed by atoms with van der Waals surface area (Å²) in [6, 6.07) is 7.49. The molecule has 0 spiro atoms. The number of amides is 1. The monoisotopic (exact) mass is 271 g/mol. The van der Waals surface area contributed by atoms with Crippen molar-refractivity contribution in [3.63, 3.8) is 0 Å². The number of aromatic nitrogens is 2. The van der Waals surface area contributed by atoms with Gasteiger partial charge in [-0.25, -0.2) is 0 Å². The van der Waals surface area contributed by atoms with Crippen LogP contribution in [0.1, 0.15) is 37.0 Å².